The molecule has 2 saturated heterocycles. The average molecular weight is 240 g/mol. The minimum atomic E-state index is 0.219. The van der Waals surface area contributed by atoms with Crippen LogP contribution in [0.5, 0.6) is 0 Å². The molecule has 2 atom stereocenters. The molecule has 2 heterocycles. The fourth-order valence-corrected chi connectivity index (χ4v) is 3.39. The lowest BCUT2D eigenvalue weighted by molar-refractivity contribution is 0.136. The van der Waals surface area contributed by atoms with Crippen molar-refractivity contribution in [1.29, 1.82) is 0 Å². The van der Waals surface area contributed by atoms with Gasteiger partial charge >= 0.3 is 0 Å². The second-order valence-electron chi connectivity index (χ2n) is 6.74. The summed E-state index contributed by atoms with van der Waals surface area (Å²) >= 11 is 0. The van der Waals surface area contributed by atoms with Crippen LogP contribution in [0.1, 0.15) is 46.0 Å². The highest BCUT2D eigenvalue weighted by molar-refractivity contribution is 4.96. The predicted octanol–water partition coefficient (Wildman–Crippen LogP) is 1.61. The summed E-state index contributed by atoms with van der Waals surface area (Å²) in [6, 6.07) is 2.32. The van der Waals surface area contributed by atoms with E-state index in [1.54, 1.807) is 0 Å². The van der Waals surface area contributed by atoms with Gasteiger partial charge in [0.2, 0.25) is 0 Å². The van der Waals surface area contributed by atoms with Gasteiger partial charge in [-0.2, -0.15) is 0 Å². The molecule has 0 saturated carbocycles. The molecule has 0 aromatic rings. The van der Waals surface area contributed by atoms with Gasteiger partial charge in [0, 0.05) is 31.3 Å². The first kappa shape index (κ1) is 13.3. The molecule has 2 bridgehead atoms. The highest BCUT2D eigenvalue weighted by Gasteiger charge is 2.38. The lowest BCUT2D eigenvalue weighted by atomic mass is 9.88. The number of hydrogen-bond acceptors (Lipinski definition) is 3. The van der Waals surface area contributed by atoms with Gasteiger partial charge in [-0.15, -0.1) is 0 Å². The molecule has 0 spiro atoms. The van der Waals surface area contributed by atoms with Crippen LogP contribution >= 0.6 is 0 Å². The molecule has 2 rings (SSSR count). The molecule has 0 aliphatic carbocycles. The van der Waals surface area contributed by atoms with E-state index >= 15 is 0 Å². The maximum Gasteiger partial charge on any atom is 0.0436 e. The van der Waals surface area contributed by atoms with Crippen molar-refractivity contribution in [2.75, 3.05) is 20.2 Å². The number of fused-ring (bicyclic) bond motifs is 2. The zero-order valence-electron chi connectivity index (χ0n) is 11.6. The van der Waals surface area contributed by atoms with Crippen molar-refractivity contribution in [3.63, 3.8) is 0 Å². The Bertz CT molecular complexity index is 241. The second kappa shape index (κ2) is 5.25. The first-order valence-electron chi connectivity index (χ1n) is 7.08. The van der Waals surface area contributed by atoms with Crippen molar-refractivity contribution >= 4 is 0 Å². The van der Waals surface area contributed by atoms with Crippen LogP contribution in [0.3, 0.4) is 0 Å². The summed E-state index contributed by atoms with van der Waals surface area (Å²) in [7, 11) is 2.29. The number of aliphatic hydroxyl groups excluding tert-OH is 1. The Hall–Kier alpha value is -0.120. The van der Waals surface area contributed by atoms with Gasteiger partial charge in [0.05, 0.1) is 0 Å². The van der Waals surface area contributed by atoms with Crippen molar-refractivity contribution < 1.29 is 5.11 Å². The van der Waals surface area contributed by atoms with Crippen LogP contribution in [-0.4, -0.2) is 48.3 Å². The van der Waals surface area contributed by atoms with Crippen LogP contribution in [0.2, 0.25) is 0 Å². The summed E-state index contributed by atoms with van der Waals surface area (Å²) in [6.45, 7) is 5.80. The van der Waals surface area contributed by atoms with E-state index < -0.39 is 0 Å². The maximum absolute atomic E-state index is 9.03. The molecule has 2 unspecified atom stereocenters. The number of nitrogens with one attached hydrogen (secondary N) is 1. The van der Waals surface area contributed by atoms with E-state index in [0.717, 1.165) is 25.0 Å². The Labute approximate surface area is 106 Å². The van der Waals surface area contributed by atoms with Gasteiger partial charge in [0.1, 0.15) is 0 Å². The summed E-state index contributed by atoms with van der Waals surface area (Å²) in [4.78, 5) is 2.58. The first-order valence-corrected chi connectivity index (χ1v) is 7.08. The van der Waals surface area contributed by atoms with Gasteiger partial charge in [0.25, 0.3) is 0 Å². The number of piperidine rings is 1. The Balaban J connectivity index is 1.78. The fourth-order valence-electron chi connectivity index (χ4n) is 3.39. The molecule has 2 fully saturated rings. The molecule has 17 heavy (non-hydrogen) atoms. The summed E-state index contributed by atoms with van der Waals surface area (Å²) in [5, 5.41) is 12.8. The summed E-state index contributed by atoms with van der Waals surface area (Å²) in [5.74, 6) is 0. The third-order valence-corrected chi connectivity index (χ3v) is 4.76. The highest BCUT2D eigenvalue weighted by Crippen LogP contribution is 2.34. The molecule has 2 aliphatic heterocycles. The summed E-state index contributed by atoms with van der Waals surface area (Å²) in [6.07, 6.45) is 6.28. The highest BCUT2D eigenvalue weighted by atomic mass is 16.3. The van der Waals surface area contributed by atoms with Gasteiger partial charge in [0.15, 0.2) is 0 Å². The number of rotatable bonds is 5. The Morgan fingerprint density at radius 2 is 1.82 bits per heavy atom. The Morgan fingerprint density at radius 3 is 2.35 bits per heavy atom. The fraction of sp³-hybridized carbons (Fsp3) is 1.00. The van der Waals surface area contributed by atoms with E-state index in [9.17, 15) is 0 Å². The Kier molecular flexibility index (Phi) is 4.11. The van der Waals surface area contributed by atoms with Crippen LogP contribution < -0.4 is 5.32 Å². The third-order valence-electron chi connectivity index (χ3n) is 4.76. The van der Waals surface area contributed by atoms with Gasteiger partial charge in [-0.25, -0.2) is 0 Å². The molecule has 0 radical (unpaired) electrons. The molecule has 100 valence electrons. The molecular weight excluding hydrogens is 212 g/mol. The van der Waals surface area contributed by atoms with E-state index in [2.05, 4.69) is 31.1 Å². The summed E-state index contributed by atoms with van der Waals surface area (Å²) in [5.41, 5.74) is 0.219. The standard InChI is InChI=1S/C14H28N2O/c1-14(2,6-7-17)10-15-11-8-12-4-5-13(9-11)16(12)3/h11-13,15,17H,4-10H2,1-3H3. The van der Waals surface area contributed by atoms with Crippen LogP contribution in [0.25, 0.3) is 0 Å². The average Bonchev–Trinajstić information content (AvgIpc) is 2.52. The summed E-state index contributed by atoms with van der Waals surface area (Å²) < 4.78 is 0. The predicted molar refractivity (Wildman–Crippen MR) is 71.1 cm³/mol. The Morgan fingerprint density at radius 1 is 1.24 bits per heavy atom. The molecular formula is C14H28N2O. The van der Waals surface area contributed by atoms with Crippen molar-refractivity contribution in [2.24, 2.45) is 5.41 Å². The van der Waals surface area contributed by atoms with Crippen LogP contribution in [-0.2, 0) is 0 Å². The smallest absolute Gasteiger partial charge is 0.0436 e. The molecule has 3 nitrogen and oxygen atoms in total. The lowest BCUT2D eigenvalue weighted by Crippen LogP contribution is -2.49. The minimum absolute atomic E-state index is 0.219. The van der Waals surface area contributed by atoms with E-state index in [1.807, 2.05) is 0 Å². The van der Waals surface area contributed by atoms with Crippen LogP contribution in [0.4, 0.5) is 0 Å². The van der Waals surface area contributed by atoms with Crippen molar-refractivity contribution in [2.45, 2.75) is 64.1 Å². The minimum Gasteiger partial charge on any atom is -0.396 e. The number of hydrogen-bond donors (Lipinski definition) is 2. The van der Waals surface area contributed by atoms with E-state index in [-0.39, 0.29) is 5.41 Å². The van der Waals surface area contributed by atoms with Crippen LogP contribution in [0, 0.1) is 5.41 Å². The molecule has 3 heteroatoms. The topological polar surface area (TPSA) is 35.5 Å². The largest absolute Gasteiger partial charge is 0.396 e. The molecule has 0 aromatic heterocycles. The van der Waals surface area contributed by atoms with Gasteiger partial charge in [-0.1, -0.05) is 13.8 Å². The molecule has 0 aromatic carbocycles. The van der Waals surface area contributed by atoms with Crippen molar-refractivity contribution in [1.82, 2.24) is 10.2 Å². The van der Waals surface area contributed by atoms with Gasteiger partial charge in [-0.05, 0) is 44.6 Å². The van der Waals surface area contributed by atoms with Gasteiger partial charge in [-0.3, -0.25) is 0 Å². The molecule has 0 amide bonds. The van der Waals surface area contributed by atoms with E-state index in [0.29, 0.717) is 12.6 Å². The number of aliphatic hydroxyl groups is 1. The maximum atomic E-state index is 9.03. The number of nitrogens with zero attached hydrogens (tertiary/aromatic N) is 1. The van der Waals surface area contributed by atoms with E-state index in [1.165, 1.54) is 25.7 Å². The third kappa shape index (κ3) is 3.21. The zero-order valence-corrected chi connectivity index (χ0v) is 11.6. The van der Waals surface area contributed by atoms with Crippen LogP contribution in [0.15, 0.2) is 0 Å². The van der Waals surface area contributed by atoms with E-state index in [4.69, 9.17) is 5.11 Å². The van der Waals surface area contributed by atoms with Crippen molar-refractivity contribution in [3.8, 4) is 0 Å². The molecule has 2 N–H and O–H groups in total. The van der Waals surface area contributed by atoms with Gasteiger partial charge < -0.3 is 15.3 Å². The normalized spacial score (nSPS) is 34.2. The lowest BCUT2D eigenvalue weighted by Gasteiger charge is -2.38. The molecule has 2 aliphatic rings. The monoisotopic (exact) mass is 240 g/mol. The first-order chi connectivity index (χ1) is 8.02. The SMILES string of the molecule is CN1C2CCC1CC(NCC(C)(C)CCO)C2. The quantitative estimate of drug-likeness (QED) is 0.766. The second-order valence-corrected chi connectivity index (χ2v) is 6.74. The zero-order chi connectivity index (χ0) is 12.5. The van der Waals surface area contributed by atoms with Crippen molar-refractivity contribution in [3.05, 3.63) is 0 Å².